The Morgan fingerprint density at radius 1 is 1.45 bits per heavy atom. The van der Waals surface area contributed by atoms with Crippen LogP contribution in [0.4, 0.5) is 5.69 Å². The van der Waals surface area contributed by atoms with Gasteiger partial charge in [0.25, 0.3) is 5.69 Å². The van der Waals surface area contributed by atoms with E-state index in [4.69, 9.17) is 10.5 Å². The number of allylic oxidation sites excluding steroid dienone is 3. The number of benzene rings is 1. The maximum absolute atomic E-state index is 12.0. The van der Waals surface area contributed by atoms with E-state index < -0.39 is 10.8 Å². The fourth-order valence-electron chi connectivity index (χ4n) is 2.54. The molecule has 1 atom stereocenters. The van der Waals surface area contributed by atoms with Gasteiger partial charge in [0.05, 0.1) is 10.8 Å². The van der Waals surface area contributed by atoms with Crippen molar-refractivity contribution in [1.82, 2.24) is 0 Å². The van der Waals surface area contributed by atoms with Gasteiger partial charge in [-0.3, -0.25) is 14.9 Å². The number of rotatable bonds is 3. The third-order valence-corrected chi connectivity index (χ3v) is 3.43. The van der Waals surface area contributed by atoms with Gasteiger partial charge in [-0.15, -0.1) is 0 Å². The number of nitrogens with zero attached hydrogens (tertiary/aromatic N) is 2. The molecule has 2 N–H and O–H groups in total. The summed E-state index contributed by atoms with van der Waals surface area (Å²) in [6.07, 6.45) is 0. The fraction of sp³-hybridized carbons (Fsp3) is 0.200. The van der Waals surface area contributed by atoms with Crippen LogP contribution in [-0.2, 0) is 9.53 Å². The van der Waals surface area contributed by atoms with Gasteiger partial charge in [0.2, 0.25) is 5.88 Å². The molecule has 0 unspecified atom stereocenters. The predicted molar refractivity (Wildman–Crippen MR) is 77.1 cm³/mol. The van der Waals surface area contributed by atoms with E-state index >= 15 is 0 Å². The topological polar surface area (TPSA) is 119 Å². The Bertz CT molecular complexity index is 771. The van der Waals surface area contributed by atoms with Crippen molar-refractivity contribution in [3.63, 3.8) is 0 Å². The lowest BCUT2D eigenvalue weighted by molar-refractivity contribution is -0.385. The Balaban J connectivity index is 2.78. The van der Waals surface area contributed by atoms with Crippen LogP contribution in [0.3, 0.4) is 0 Å². The van der Waals surface area contributed by atoms with E-state index in [1.54, 1.807) is 13.0 Å². The largest absolute Gasteiger partial charge is 0.445 e. The van der Waals surface area contributed by atoms with E-state index in [0.717, 1.165) is 0 Å². The number of nitrogens with two attached hydrogens (primary N) is 1. The molecule has 7 nitrogen and oxygen atoms in total. The first kappa shape index (κ1) is 15.3. The lowest BCUT2D eigenvalue weighted by atomic mass is 9.81. The van der Waals surface area contributed by atoms with Crippen molar-refractivity contribution in [2.75, 3.05) is 0 Å². The number of ketones is 1. The minimum atomic E-state index is -0.905. The Labute approximate surface area is 126 Å². The van der Waals surface area contributed by atoms with Crippen LogP contribution in [0.5, 0.6) is 0 Å². The van der Waals surface area contributed by atoms with Gasteiger partial charge in [0.15, 0.2) is 5.78 Å². The summed E-state index contributed by atoms with van der Waals surface area (Å²) in [4.78, 5) is 22.7. The highest BCUT2D eigenvalue weighted by Gasteiger charge is 2.37. The lowest BCUT2D eigenvalue weighted by Gasteiger charge is -2.26. The molecule has 1 aromatic rings. The van der Waals surface area contributed by atoms with Crippen LogP contribution < -0.4 is 5.73 Å². The molecule has 0 aromatic heterocycles. The molecular weight excluding hydrogens is 286 g/mol. The zero-order valence-electron chi connectivity index (χ0n) is 12.0. The van der Waals surface area contributed by atoms with Crippen LogP contribution in [0.15, 0.2) is 47.1 Å². The van der Waals surface area contributed by atoms with Gasteiger partial charge in [-0.1, -0.05) is 18.2 Å². The number of para-hydroxylation sites is 1. The van der Waals surface area contributed by atoms with Crippen LogP contribution in [0.2, 0.25) is 0 Å². The summed E-state index contributed by atoms with van der Waals surface area (Å²) in [7, 11) is 0. The van der Waals surface area contributed by atoms with Crippen LogP contribution in [0, 0.1) is 21.4 Å². The summed E-state index contributed by atoms with van der Waals surface area (Å²) in [5.74, 6) is -1.14. The highest BCUT2D eigenvalue weighted by atomic mass is 16.6. The number of ether oxygens (including phenoxy) is 1. The first-order chi connectivity index (χ1) is 10.4. The second-order valence-corrected chi connectivity index (χ2v) is 4.77. The molecule has 0 saturated heterocycles. The monoisotopic (exact) mass is 299 g/mol. The van der Waals surface area contributed by atoms with Crippen molar-refractivity contribution in [2.45, 2.75) is 19.8 Å². The summed E-state index contributed by atoms with van der Waals surface area (Å²) in [5, 5.41) is 20.6. The minimum absolute atomic E-state index is 0.00917. The highest BCUT2D eigenvalue weighted by Crippen LogP contribution is 2.42. The molecular formula is C15H13N3O4. The predicted octanol–water partition coefficient (Wildman–Crippen LogP) is 2.27. The van der Waals surface area contributed by atoms with E-state index in [2.05, 4.69) is 0 Å². The summed E-state index contributed by atoms with van der Waals surface area (Å²) in [6, 6.07) is 7.85. The van der Waals surface area contributed by atoms with Crippen molar-refractivity contribution < 1.29 is 14.5 Å². The van der Waals surface area contributed by atoms with Crippen LogP contribution >= 0.6 is 0 Å². The van der Waals surface area contributed by atoms with Crippen LogP contribution in [-0.4, -0.2) is 10.7 Å². The maximum atomic E-state index is 12.0. The summed E-state index contributed by atoms with van der Waals surface area (Å²) in [6.45, 7) is 2.86. The molecule has 1 aliphatic heterocycles. The molecule has 0 amide bonds. The van der Waals surface area contributed by atoms with Gasteiger partial charge in [0, 0.05) is 17.2 Å². The molecule has 1 aliphatic rings. The SMILES string of the molecule is CC(=O)C1=C(C)OC(N)=C(C#N)[C@@H]1c1ccccc1[N+](=O)[O-]. The number of nitriles is 1. The van der Waals surface area contributed by atoms with Gasteiger partial charge in [0.1, 0.15) is 17.4 Å². The number of hydrogen-bond donors (Lipinski definition) is 1. The van der Waals surface area contributed by atoms with E-state index in [1.165, 1.54) is 25.1 Å². The van der Waals surface area contributed by atoms with Crippen molar-refractivity contribution in [3.05, 3.63) is 62.7 Å². The molecule has 0 bridgehead atoms. The number of nitro benzene ring substituents is 1. The van der Waals surface area contributed by atoms with Crippen LogP contribution in [0.1, 0.15) is 25.3 Å². The Morgan fingerprint density at radius 3 is 2.64 bits per heavy atom. The van der Waals surface area contributed by atoms with Gasteiger partial charge >= 0.3 is 0 Å². The number of Topliss-reactive ketones (excluding diaryl/α,β-unsaturated/α-hetero) is 1. The molecule has 1 heterocycles. The first-order valence-electron chi connectivity index (χ1n) is 6.41. The summed E-state index contributed by atoms with van der Waals surface area (Å²) in [5.41, 5.74) is 5.96. The van der Waals surface area contributed by atoms with Crippen molar-refractivity contribution in [2.24, 2.45) is 5.73 Å². The molecule has 0 saturated carbocycles. The fourth-order valence-corrected chi connectivity index (χ4v) is 2.54. The molecule has 2 rings (SSSR count). The second-order valence-electron chi connectivity index (χ2n) is 4.77. The van der Waals surface area contributed by atoms with Gasteiger partial charge in [-0.25, -0.2) is 0 Å². The molecule has 1 aromatic carbocycles. The number of carbonyl (C=O) groups excluding carboxylic acids is 1. The maximum Gasteiger partial charge on any atom is 0.273 e. The molecule has 7 heteroatoms. The Morgan fingerprint density at radius 2 is 2.09 bits per heavy atom. The Hall–Kier alpha value is -3.14. The number of nitro groups is 1. The summed E-state index contributed by atoms with van der Waals surface area (Å²) >= 11 is 0. The van der Waals surface area contributed by atoms with Gasteiger partial charge < -0.3 is 10.5 Å². The lowest BCUT2D eigenvalue weighted by Crippen LogP contribution is -2.23. The van der Waals surface area contributed by atoms with Crippen molar-refractivity contribution in [1.29, 1.82) is 5.26 Å². The highest BCUT2D eigenvalue weighted by molar-refractivity contribution is 5.97. The molecule has 0 aliphatic carbocycles. The van der Waals surface area contributed by atoms with E-state index in [0.29, 0.717) is 0 Å². The average Bonchev–Trinajstić information content (AvgIpc) is 2.45. The molecule has 0 radical (unpaired) electrons. The smallest absolute Gasteiger partial charge is 0.273 e. The van der Waals surface area contributed by atoms with Gasteiger partial charge in [-0.05, 0) is 13.8 Å². The third kappa shape index (κ3) is 2.42. The average molecular weight is 299 g/mol. The van der Waals surface area contributed by atoms with E-state index in [1.807, 2.05) is 6.07 Å². The zero-order valence-corrected chi connectivity index (χ0v) is 12.0. The van der Waals surface area contributed by atoms with Crippen molar-refractivity contribution in [3.8, 4) is 6.07 Å². The van der Waals surface area contributed by atoms with E-state index in [-0.39, 0.29) is 39.8 Å². The normalized spacial score (nSPS) is 17.8. The minimum Gasteiger partial charge on any atom is -0.445 e. The molecule has 0 fully saturated rings. The first-order valence-corrected chi connectivity index (χ1v) is 6.41. The van der Waals surface area contributed by atoms with E-state index in [9.17, 15) is 20.2 Å². The van der Waals surface area contributed by atoms with Gasteiger partial charge in [-0.2, -0.15) is 5.26 Å². The zero-order chi connectivity index (χ0) is 16.4. The molecule has 0 spiro atoms. The molecule has 22 heavy (non-hydrogen) atoms. The Kier molecular flexibility index (Phi) is 3.95. The standard InChI is InChI=1S/C15H13N3O4/c1-8(19)13-9(2)22-15(17)11(7-16)14(13)10-5-3-4-6-12(10)18(20)21/h3-6,14H,17H2,1-2H3/t14-/m0/s1. The number of hydrogen-bond acceptors (Lipinski definition) is 6. The second kappa shape index (κ2) is 5.69. The number of carbonyl (C=O) groups is 1. The summed E-state index contributed by atoms with van der Waals surface area (Å²) < 4.78 is 5.24. The molecule has 112 valence electrons. The van der Waals surface area contributed by atoms with Crippen LogP contribution in [0.25, 0.3) is 0 Å². The third-order valence-electron chi connectivity index (χ3n) is 3.43. The van der Waals surface area contributed by atoms with Crippen molar-refractivity contribution >= 4 is 11.5 Å². The quantitative estimate of drug-likeness (QED) is 0.675.